The second-order valence-electron chi connectivity index (χ2n) is 4.75. The van der Waals surface area contributed by atoms with Gasteiger partial charge in [0.25, 0.3) is 0 Å². The fraction of sp³-hybridized carbons (Fsp3) is 0.429. The SMILES string of the molecule is C=CC[Si](C)(OC)[Si](Cc1ccccc1)(OC)OC. The first-order valence-electron chi connectivity index (χ1n) is 6.37. The van der Waals surface area contributed by atoms with Crippen LogP contribution in [0, 0.1) is 0 Å². The van der Waals surface area contributed by atoms with Gasteiger partial charge in [-0.3, -0.25) is 0 Å². The Morgan fingerprint density at radius 3 is 2.05 bits per heavy atom. The number of allylic oxidation sites excluding steroid dienone is 1. The highest BCUT2D eigenvalue weighted by atomic mass is 29.3. The van der Waals surface area contributed by atoms with E-state index in [-0.39, 0.29) is 0 Å². The van der Waals surface area contributed by atoms with Crippen LogP contribution in [0.15, 0.2) is 43.0 Å². The molecule has 1 atom stereocenters. The number of hydrogen-bond acceptors (Lipinski definition) is 3. The molecule has 0 amide bonds. The Labute approximate surface area is 118 Å². The quantitative estimate of drug-likeness (QED) is 0.545. The van der Waals surface area contributed by atoms with E-state index in [2.05, 4.69) is 25.3 Å². The first kappa shape index (κ1) is 16.3. The summed E-state index contributed by atoms with van der Waals surface area (Å²) in [6.07, 6.45) is 1.92. The van der Waals surface area contributed by atoms with Crippen molar-refractivity contribution in [3.05, 3.63) is 48.6 Å². The van der Waals surface area contributed by atoms with E-state index in [1.165, 1.54) is 5.56 Å². The van der Waals surface area contributed by atoms with Crippen molar-refractivity contribution in [2.24, 2.45) is 0 Å². The molecule has 0 spiro atoms. The van der Waals surface area contributed by atoms with Gasteiger partial charge in [-0.2, -0.15) is 0 Å². The maximum Gasteiger partial charge on any atom is 0.353 e. The molecule has 0 bridgehead atoms. The lowest BCUT2D eigenvalue weighted by Crippen LogP contribution is -2.67. The van der Waals surface area contributed by atoms with Crippen molar-refractivity contribution in [2.45, 2.75) is 18.6 Å². The zero-order chi connectivity index (χ0) is 14.4. The molecule has 1 unspecified atom stereocenters. The molecule has 0 N–H and O–H groups in total. The lowest BCUT2D eigenvalue weighted by atomic mass is 10.2. The minimum atomic E-state index is -2.41. The van der Waals surface area contributed by atoms with Crippen molar-refractivity contribution < 1.29 is 13.3 Å². The second kappa shape index (κ2) is 7.16. The van der Waals surface area contributed by atoms with Gasteiger partial charge in [0.15, 0.2) is 0 Å². The third-order valence-corrected chi connectivity index (χ3v) is 17.3. The minimum absolute atomic E-state index is 0.811. The van der Waals surface area contributed by atoms with Crippen LogP contribution in [0.1, 0.15) is 5.56 Å². The third-order valence-electron chi connectivity index (χ3n) is 3.73. The van der Waals surface area contributed by atoms with Gasteiger partial charge >= 0.3 is 8.08 Å². The second-order valence-corrected chi connectivity index (χ2v) is 16.2. The van der Waals surface area contributed by atoms with Gasteiger partial charge in [0.1, 0.15) is 0 Å². The molecule has 0 aliphatic rings. The Kier molecular flexibility index (Phi) is 6.15. The predicted molar refractivity (Wildman–Crippen MR) is 83.5 cm³/mol. The number of benzene rings is 1. The first-order chi connectivity index (χ1) is 9.07. The molecule has 0 radical (unpaired) electrons. The van der Waals surface area contributed by atoms with E-state index in [1.807, 2.05) is 24.3 Å². The van der Waals surface area contributed by atoms with Crippen LogP contribution in [0.3, 0.4) is 0 Å². The van der Waals surface area contributed by atoms with Gasteiger partial charge in [-0.25, -0.2) is 0 Å². The van der Waals surface area contributed by atoms with E-state index >= 15 is 0 Å². The zero-order valence-electron chi connectivity index (χ0n) is 12.3. The van der Waals surface area contributed by atoms with Gasteiger partial charge in [-0.15, -0.1) is 6.58 Å². The van der Waals surface area contributed by atoms with Crippen LogP contribution < -0.4 is 0 Å². The molecular weight excluding hydrogens is 272 g/mol. The standard InChI is InChI=1S/C14H24O3Si2/c1-6-12-18(5,15-2)19(16-3,17-4)13-14-10-8-7-9-11-14/h6-11H,1,12-13H2,2-5H3. The normalized spacial score (nSPS) is 14.9. The van der Waals surface area contributed by atoms with Gasteiger partial charge in [-0.1, -0.05) is 36.4 Å². The van der Waals surface area contributed by atoms with Crippen molar-refractivity contribution in [3.8, 4) is 0 Å². The summed E-state index contributed by atoms with van der Waals surface area (Å²) in [5.41, 5.74) is 1.23. The zero-order valence-corrected chi connectivity index (χ0v) is 14.3. The fourth-order valence-corrected chi connectivity index (χ4v) is 12.8. The van der Waals surface area contributed by atoms with Crippen molar-refractivity contribution in [1.82, 2.24) is 0 Å². The van der Waals surface area contributed by atoms with Crippen LogP contribution >= 0.6 is 0 Å². The third kappa shape index (κ3) is 3.43. The number of hydrogen-bond donors (Lipinski definition) is 0. The maximum atomic E-state index is 5.91. The summed E-state index contributed by atoms with van der Waals surface area (Å²) >= 11 is 0. The molecule has 1 rings (SSSR count). The van der Waals surface area contributed by atoms with E-state index in [1.54, 1.807) is 21.3 Å². The molecule has 0 heterocycles. The van der Waals surface area contributed by atoms with Crippen LogP contribution in [0.5, 0.6) is 0 Å². The smallest absolute Gasteiger partial charge is 0.353 e. The van der Waals surface area contributed by atoms with E-state index in [0.717, 1.165) is 12.1 Å². The van der Waals surface area contributed by atoms with E-state index in [9.17, 15) is 0 Å². The van der Waals surface area contributed by atoms with Crippen LogP contribution in [0.2, 0.25) is 12.6 Å². The molecule has 0 saturated carbocycles. The molecule has 1 aromatic carbocycles. The van der Waals surface area contributed by atoms with Gasteiger partial charge < -0.3 is 13.3 Å². The topological polar surface area (TPSA) is 27.7 Å². The monoisotopic (exact) mass is 296 g/mol. The summed E-state index contributed by atoms with van der Waals surface area (Å²) in [4.78, 5) is 0. The van der Waals surface area contributed by atoms with E-state index in [4.69, 9.17) is 13.3 Å². The minimum Gasteiger partial charge on any atom is -0.417 e. The van der Waals surface area contributed by atoms with Crippen LogP contribution in [0.4, 0.5) is 0 Å². The molecule has 0 saturated heterocycles. The molecule has 5 heteroatoms. The summed E-state index contributed by atoms with van der Waals surface area (Å²) in [6.45, 7) is 6.03. The molecular formula is C14H24O3Si2. The van der Waals surface area contributed by atoms with E-state index < -0.39 is 15.9 Å². The van der Waals surface area contributed by atoms with Crippen molar-refractivity contribution in [2.75, 3.05) is 21.3 Å². The Hall–Kier alpha value is -0.726. The summed E-state index contributed by atoms with van der Waals surface area (Å²) in [5, 5.41) is 0. The summed E-state index contributed by atoms with van der Waals surface area (Å²) in [6, 6.07) is 12.0. The highest BCUT2D eigenvalue weighted by Crippen LogP contribution is 2.29. The molecule has 0 fully saturated rings. The lowest BCUT2D eigenvalue weighted by Gasteiger charge is -2.40. The maximum absolute atomic E-state index is 5.91. The molecule has 106 valence electrons. The predicted octanol–water partition coefficient (Wildman–Crippen LogP) is 2.99. The van der Waals surface area contributed by atoms with Gasteiger partial charge in [0.05, 0.1) is 0 Å². The van der Waals surface area contributed by atoms with Crippen LogP contribution in [-0.4, -0.2) is 37.2 Å². The first-order valence-corrected chi connectivity index (χ1v) is 12.0. The average molecular weight is 297 g/mol. The molecule has 0 aliphatic carbocycles. The summed E-state index contributed by atoms with van der Waals surface area (Å²) < 4.78 is 17.7. The lowest BCUT2D eigenvalue weighted by molar-refractivity contribution is 0.247. The van der Waals surface area contributed by atoms with Crippen LogP contribution in [-0.2, 0) is 19.3 Å². The summed E-state index contributed by atoms with van der Waals surface area (Å²) in [5.74, 6) is 0. The van der Waals surface area contributed by atoms with E-state index in [0.29, 0.717) is 0 Å². The molecule has 1 aromatic rings. The van der Waals surface area contributed by atoms with Gasteiger partial charge in [0, 0.05) is 27.4 Å². The molecule has 19 heavy (non-hydrogen) atoms. The van der Waals surface area contributed by atoms with Gasteiger partial charge in [0.2, 0.25) is 7.83 Å². The average Bonchev–Trinajstić information content (AvgIpc) is 2.46. The highest BCUT2D eigenvalue weighted by Gasteiger charge is 2.56. The Morgan fingerprint density at radius 2 is 1.63 bits per heavy atom. The highest BCUT2D eigenvalue weighted by molar-refractivity contribution is 7.34. The fourth-order valence-electron chi connectivity index (χ4n) is 2.38. The largest absolute Gasteiger partial charge is 0.417 e. The Morgan fingerprint density at radius 1 is 1.05 bits per heavy atom. The molecule has 0 aliphatic heterocycles. The van der Waals surface area contributed by atoms with Gasteiger partial charge in [-0.05, 0) is 18.2 Å². The molecule has 0 aromatic heterocycles. The van der Waals surface area contributed by atoms with Crippen molar-refractivity contribution in [1.29, 1.82) is 0 Å². The van der Waals surface area contributed by atoms with Crippen LogP contribution in [0.25, 0.3) is 0 Å². The van der Waals surface area contributed by atoms with Crippen molar-refractivity contribution >= 4 is 15.9 Å². The number of rotatable bonds is 8. The summed E-state index contributed by atoms with van der Waals surface area (Å²) in [7, 11) is 0.726. The Bertz CT molecular complexity index is 393. The Balaban J connectivity index is 3.11. The van der Waals surface area contributed by atoms with Crippen molar-refractivity contribution in [3.63, 3.8) is 0 Å². The molecule has 3 nitrogen and oxygen atoms in total.